The fourth-order valence-electron chi connectivity index (χ4n) is 6.73. The zero-order valence-electron chi connectivity index (χ0n) is 27.0. The van der Waals surface area contributed by atoms with Crippen molar-refractivity contribution in [3.05, 3.63) is 80.8 Å². The summed E-state index contributed by atoms with van der Waals surface area (Å²) >= 11 is 0. The third-order valence-corrected chi connectivity index (χ3v) is 9.51. The Labute approximate surface area is 271 Å². The molecule has 0 aromatic carbocycles. The van der Waals surface area contributed by atoms with Crippen LogP contribution in [0.1, 0.15) is 42.7 Å². The fraction of sp³-hybridized carbons (Fsp3) is 0.412. The Hall–Kier alpha value is -4.88. The van der Waals surface area contributed by atoms with Crippen LogP contribution in [0.2, 0.25) is 0 Å². The Kier molecular flexibility index (Phi) is 8.33. The number of hydrogen-bond acceptors (Lipinski definition) is 9. The Balaban J connectivity index is 1.15. The maximum Gasteiger partial charge on any atom is 0.282 e. The lowest BCUT2D eigenvalue weighted by atomic mass is 10.0. The Morgan fingerprint density at radius 2 is 1.85 bits per heavy atom. The van der Waals surface area contributed by atoms with Gasteiger partial charge in [0, 0.05) is 86.9 Å². The number of anilines is 1. The summed E-state index contributed by atoms with van der Waals surface area (Å²) in [6.45, 7) is 10.2. The average Bonchev–Trinajstić information content (AvgIpc) is 3.45. The smallest absolute Gasteiger partial charge is 0.282 e. The zero-order valence-corrected chi connectivity index (χ0v) is 27.0. The number of hydrogen-bond donors (Lipinski definition) is 1. The van der Waals surface area contributed by atoms with E-state index in [9.17, 15) is 14.4 Å². The number of rotatable bonds is 7. The van der Waals surface area contributed by atoms with Crippen LogP contribution in [0, 0.1) is 0 Å². The van der Waals surface area contributed by atoms with E-state index < -0.39 is 0 Å². The number of piperazine rings is 1. The van der Waals surface area contributed by atoms with Crippen LogP contribution < -0.4 is 16.4 Å². The number of fused-ring (bicyclic) bond motifs is 3. The number of aldehydes is 1. The van der Waals surface area contributed by atoms with Crippen LogP contribution in [0.25, 0.3) is 27.7 Å². The van der Waals surface area contributed by atoms with Crippen molar-refractivity contribution in [2.75, 3.05) is 44.7 Å². The monoisotopic (exact) mass is 637 g/mol. The molecule has 7 heterocycles. The number of allylic oxidation sites excluding steroid dienone is 1. The van der Waals surface area contributed by atoms with E-state index in [0.29, 0.717) is 40.4 Å². The topological polar surface area (TPSA) is 132 Å². The molecule has 47 heavy (non-hydrogen) atoms. The average molecular weight is 638 g/mol. The number of aryl methyl sites for hydroxylation is 3. The van der Waals surface area contributed by atoms with Crippen LogP contribution in [0.4, 0.5) is 5.69 Å². The highest BCUT2D eigenvalue weighted by Gasteiger charge is 2.29. The molecule has 1 N–H and O–H groups in total. The molecule has 0 saturated carbocycles. The second-order valence-corrected chi connectivity index (χ2v) is 12.5. The molecule has 0 bridgehead atoms. The fourth-order valence-corrected chi connectivity index (χ4v) is 6.73. The number of aliphatic imine (C=N–C) groups is 1. The summed E-state index contributed by atoms with van der Waals surface area (Å²) in [4.78, 5) is 53.2. The van der Waals surface area contributed by atoms with Crippen molar-refractivity contribution in [1.82, 2.24) is 33.7 Å². The maximum absolute atomic E-state index is 13.7. The molecule has 4 aromatic rings. The number of aromatic nitrogens is 5. The van der Waals surface area contributed by atoms with Crippen LogP contribution in [0.3, 0.4) is 0 Å². The van der Waals surface area contributed by atoms with E-state index in [-0.39, 0.29) is 22.5 Å². The summed E-state index contributed by atoms with van der Waals surface area (Å²) < 4.78 is 10.1. The minimum Gasteiger partial charge on any atom is -0.378 e. The molecule has 7 rings (SSSR count). The highest BCUT2D eigenvalue weighted by atomic mass is 16.5. The molecule has 0 amide bonds. The van der Waals surface area contributed by atoms with E-state index >= 15 is 0 Å². The Bertz CT molecular complexity index is 2030. The van der Waals surface area contributed by atoms with Gasteiger partial charge in [-0.15, -0.1) is 0 Å². The molecular weight excluding hydrogens is 598 g/mol. The van der Waals surface area contributed by atoms with Crippen LogP contribution in [0.5, 0.6) is 0 Å². The molecule has 13 nitrogen and oxygen atoms in total. The summed E-state index contributed by atoms with van der Waals surface area (Å²) in [7, 11) is 1.65. The van der Waals surface area contributed by atoms with Gasteiger partial charge in [-0.3, -0.25) is 19.3 Å². The molecule has 4 aromatic heterocycles. The molecule has 0 aliphatic carbocycles. The van der Waals surface area contributed by atoms with Gasteiger partial charge in [0.05, 0.1) is 36.4 Å². The van der Waals surface area contributed by atoms with Crippen molar-refractivity contribution in [3.8, 4) is 16.9 Å². The molecule has 0 spiro atoms. The van der Waals surface area contributed by atoms with Crippen molar-refractivity contribution in [1.29, 1.82) is 0 Å². The van der Waals surface area contributed by atoms with E-state index in [1.165, 1.54) is 9.25 Å². The van der Waals surface area contributed by atoms with Crippen LogP contribution >= 0.6 is 0 Å². The van der Waals surface area contributed by atoms with Gasteiger partial charge in [0.15, 0.2) is 12.1 Å². The number of nitrogens with one attached hydrogen (secondary N) is 1. The van der Waals surface area contributed by atoms with Gasteiger partial charge in [0.25, 0.3) is 11.1 Å². The van der Waals surface area contributed by atoms with E-state index in [1.54, 1.807) is 44.7 Å². The van der Waals surface area contributed by atoms with Gasteiger partial charge in [0.2, 0.25) is 0 Å². The van der Waals surface area contributed by atoms with Gasteiger partial charge in [-0.05, 0) is 50.8 Å². The summed E-state index contributed by atoms with van der Waals surface area (Å²) in [6.07, 6.45) is 12.3. The second-order valence-electron chi connectivity index (χ2n) is 12.5. The third-order valence-electron chi connectivity index (χ3n) is 9.51. The molecule has 3 aliphatic rings. The molecule has 0 atom stereocenters. The SMILES string of the molecule is CC(=N/C=C(\C)N1CCN(C2COC2)CC1)Nc1cc(-c2ccnc(-n3ncc4c5n(cc4c3=O)CCCC5)c2C=O)cn(C)c1=O. The van der Waals surface area contributed by atoms with Crippen LogP contribution in [-0.2, 0) is 24.8 Å². The van der Waals surface area contributed by atoms with Gasteiger partial charge in [-0.1, -0.05) is 0 Å². The predicted molar refractivity (Wildman–Crippen MR) is 180 cm³/mol. The van der Waals surface area contributed by atoms with Crippen molar-refractivity contribution in [2.45, 2.75) is 45.7 Å². The summed E-state index contributed by atoms with van der Waals surface area (Å²) in [6, 6.07) is 3.93. The first-order chi connectivity index (χ1) is 22.8. The Morgan fingerprint density at radius 1 is 1.04 bits per heavy atom. The van der Waals surface area contributed by atoms with E-state index in [4.69, 9.17) is 4.74 Å². The lowest BCUT2D eigenvalue weighted by molar-refractivity contribution is -0.0747. The number of pyridine rings is 2. The highest BCUT2D eigenvalue weighted by Crippen LogP contribution is 2.28. The highest BCUT2D eigenvalue weighted by molar-refractivity contribution is 5.95. The van der Waals surface area contributed by atoms with Gasteiger partial charge in [-0.25, -0.2) is 9.98 Å². The minimum absolute atomic E-state index is 0.136. The van der Waals surface area contributed by atoms with Crippen molar-refractivity contribution >= 4 is 28.6 Å². The lowest BCUT2D eigenvalue weighted by Crippen LogP contribution is -2.56. The molecule has 13 heteroatoms. The predicted octanol–water partition coefficient (Wildman–Crippen LogP) is 2.80. The van der Waals surface area contributed by atoms with E-state index in [0.717, 1.165) is 82.0 Å². The van der Waals surface area contributed by atoms with Crippen molar-refractivity contribution in [3.63, 3.8) is 0 Å². The molecule has 0 unspecified atom stereocenters. The molecule has 244 valence electrons. The van der Waals surface area contributed by atoms with Crippen LogP contribution in [0.15, 0.2) is 63.4 Å². The standard InChI is InChI=1S/C34H39N9O4/c1-22(40-10-12-41(13-11-40)25-20-47-21-25)15-36-23(2)38-30-14-24(17-39(3)34(30)46)26-7-8-35-32(29(26)19-44)43-33(45)28-18-42-9-5-4-6-31(42)27(28)16-37-43/h7-8,14-19,25H,4-6,9-13,20-21H2,1-3H3,(H,36,38)/b22-15+. The number of carbonyl (C=O) groups is 1. The quantitative estimate of drug-likeness (QED) is 0.185. The lowest BCUT2D eigenvalue weighted by Gasteiger charge is -2.43. The molecule has 2 fully saturated rings. The van der Waals surface area contributed by atoms with E-state index in [1.807, 2.05) is 19.3 Å². The minimum atomic E-state index is -0.329. The molecule has 3 aliphatic heterocycles. The number of nitrogens with zero attached hydrogens (tertiary/aromatic N) is 8. The van der Waals surface area contributed by atoms with Crippen LogP contribution in [-0.4, -0.2) is 91.3 Å². The normalized spacial score (nSPS) is 17.9. The summed E-state index contributed by atoms with van der Waals surface area (Å²) in [5.41, 5.74) is 3.22. The third kappa shape index (κ3) is 5.80. The first kappa shape index (κ1) is 30.8. The summed E-state index contributed by atoms with van der Waals surface area (Å²) in [5, 5.41) is 8.99. The number of ether oxygens (including phenoxy) is 1. The zero-order chi connectivity index (χ0) is 32.7. The molecule has 0 radical (unpaired) electrons. The largest absolute Gasteiger partial charge is 0.378 e. The van der Waals surface area contributed by atoms with Gasteiger partial charge in [-0.2, -0.15) is 9.78 Å². The number of carbonyl (C=O) groups excluding carboxylic acids is 1. The summed E-state index contributed by atoms with van der Waals surface area (Å²) in [5.74, 6) is 0.686. The van der Waals surface area contributed by atoms with Gasteiger partial charge in [0.1, 0.15) is 11.5 Å². The first-order valence-electron chi connectivity index (χ1n) is 16.1. The van der Waals surface area contributed by atoms with Gasteiger partial charge >= 0.3 is 0 Å². The second kappa shape index (κ2) is 12.7. The van der Waals surface area contributed by atoms with Gasteiger partial charge < -0.3 is 24.1 Å². The maximum atomic E-state index is 13.7. The van der Waals surface area contributed by atoms with Crippen molar-refractivity contribution < 1.29 is 9.53 Å². The first-order valence-corrected chi connectivity index (χ1v) is 16.1. The van der Waals surface area contributed by atoms with Crippen molar-refractivity contribution in [2.24, 2.45) is 12.0 Å². The molecular formula is C34H39N9O4. The van der Waals surface area contributed by atoms with E-state index in [2.05, 4.69) is 34.8 Å². The Morgan fingerprint density at radius 3 is 2.60 bits per heavy atom. The molecule has 2 saturated heterocycles. The number of amidine groups is 1.